The van der Waals surface area contributed by atoms with E-state index in [4.69, 9.17) is 0 Å². The van der Waals surface area contributed by atoms with Crippen molar-refractivity contribution in [3.63, 3.8) is 0 Å². The quantitative estimate of drug-likeness (QED) is 0.499. The Morgan fingerprint density at radius 3 is 2.93 bits per heavy atom. The van der Waals surface area contributed by atoms with Crippen LogP contribution in [0.25, 0.3) is 10.1 Å². The Morgan fingerprint density at radius 2 is 2.20 bits per heavy atom. The Morgan fingerprint density at radius 1 is 1.40 bits per heavy atom. The first-order valence-corrected chi connectivity index (χ1v) is 5.20. The van der Waals surface area contributed by atoms with Gasteiger partial charge in [0.25, 0.3) is 0 Å². The molecule has 0 bridgehead atoms. The van der Waals surface area contributed by atoms with E-state index in [2.05, 4.69) is 16.6 Å². The van der Waals surface area contributed by atoms with Gasteiger partial charge in [-0.15, -0.1) is 11.3 Å². The van der Waals surface area contributed by atoms with Gasteiger partial charge in [-0.1, -0.05) is 18.2 Å². The SMILES string of the molecule is COC(=O)C#Cc1cc2ccccc2s1. The summed E-state index contributed by atoms with van der Waals surface area (Å²) in [5.74, 6) is 4.68. The van der Waals surface area contributed by atoms with Crippen molar-refractivity contribution in [1.29, 1.82) is 0 Å². The number of rotatable bonds is 0. The fourth-order valence-electron chi connectivity index (χ4n) is 1.21. The number of benzene rings is 1. The molecule has 0 unspecified atom stereocenters. The number of ether oxygens (including phenoxy) is 1. The lowest BCUT2D eigenvalue weighted by Crippen LogP contribution is -1.93. The molecule has 0 spiro atoms. The van der Waals surface area contributed by atoms with Gasteiger partial charge in [0.15, 0.2) is 0 Å². The Kier molecular flexibility index (Phi) is 2.70. The molecule has 0 amide bonds. The van der Waals surface area contributed by atoms with Crippen LogP contribution in [0.5, 0.6) is 0 Å². The van der Waals surface area contributed by atoms with Crippen LogP contribution < -0.4 is 0 Å². The van der Waals surface area contributed by atoms with Gasteiger partial charge in [0, 0.05) is 10.6 Å². The maximum Gasteiger partial charge on any atom is 0.384 e. The van der Waals surface area contributed by atoms with Gasteiger partial charge in [-0.3, -0.25) is 0 Å². The van der Waals surface area contributed by atoms with E-state index < -0.39 is 5.97 Å². The van der Waals surface area contributed by atoms with E-state index in [9.17, 15) is 4.79 Å². The lowest BCUT2D eigenvalue weighted by Gasteiger charge is -1.83. The molecule has 1 heterocycles. The zero-order valence-electron chi connectivity index (χ0n) is 8.11. The van der Waals surface area contributed by atoms with Gasteiger partial charge in [0.1, 0.15) is 0 Å². The van der Waals surface area contributed by atoms with Crippen molar-refractivity contribution in [2.75, 3.05) is 7.11 Å². The summed E-state index contributed by atoms with van der Waals surface area (Å²) in [6.07, 6.45) is 0. The Hall–Kier alpha value is -1.79. The van der Waals surface area contributed by atoms with Gasteiger partial charge >= 0.3 is 5.97 Å². The maximum absolute atomic E-state index is 10.8. The summed E-state index contributed by atoms with van der Waals surface area (Å²) in [5, 5.41) is 1.15. The first kappa shape index (κ1) is 9.75. The molecule has 1 aromatic carbocycles. The molecule has 1 aromatic heterocycles. The molecule has 3 heteroatoms. The summed E-state index contributed by atoms with van der Waals surface area (Å²) < 4.78 is 5.61. The minimum absolute atomic E-state index is 0.507. The van der Waals surface area contributed by atoms with Crippen LogP contribution in [0.15, 0.2) is 30.3 Å². The van der Waals surface area contributed by atoms with Crippen molar-refractivity contribution >= 4 is 27.4 Å². The number of thiophene rings is 1. The van der Waals surface area contributed by atoms with E-state index >= 15 is 0 Å². The molecule has 0 N–H and O–H groups in total. The zero-order chi connectivity index (χ0) is 10.7. The normalized spacial score (nSPS) is 9.40. The summed E-state index contributed by atoms with van der Waals surface area (Å²) in [4.78, 5) is 11.7. The van der Waals surface area contributed by atoms with Crippen LogP contribution in [0.4, 0.5) is 0 Å². The zero-order valence-corrected chi connectivity index (χ0v) is 8.93. The Labute approximate surface area is 91.5 Å². The molecule has 0 aliphatic carbocycles. The number of esters is 1. The second-order valence-corrected chi connectivity index (χ2v) is 3.97. The van der Waals surface area contributed by atoms with E-state index in [0.29, 0.717) is 0 Å². The number of hydrogen-bond acceptors (Lipinski definition) is 3. The number of hydrogen-bond donors (Lipinski definition) is 0. The van der Waals surface area contributed by atoms with Crippen molar-refractivity contribution < 1.29 is 9.53 Å². The molecule has 15 heavy (non-hydrogen) atoms. The fraction of sp³-hybridized carbons (Fsp3) is 0.0833. The summed E-state index contributed by atoms with van der Waals surface area (Å²) in [5.41, 5.74) is 0. The van der Waals surface area contributed by atoms with E-state index in [1.807, 2.05) is 30.3 Å². The lowest BCUT2D eigenvalue weighted by molar-refractivity contribution is -0.133. The topological polar surface area (TPSA) is 26.3 Å². The van der Waals surface area contributed by atoms with Crippen molar-refractivity contribution in [2.45, 2.75) is 0 Å². The van der Waals surface area contributed by atoms with Crippen molar-refractivity contribution in [2.24, 2.45) is 0 Å². The largest absolute Gasteiger partial charge is 0.459 e. The lowest BCUT2D eigenvalue weighted by atomic mass is 10.2. The van der Waals surface area contributed by atoms with E-state index in [1.54, 1.807) is 11.3 Å². The molecule has 0 radical (unpaired) electrons. The summed E-state index contributed by atoms with van der Waals surface area (Å²) in [6.45, 7) is 0. The van der Waals surface area contributed by atoms with Gasteiger partial charge in [0.2, 0.25) is 0 Å². The molecule has 0 aliphatic rings. The van der Waals surface area contributed by atoms with Gasteiger partial charge in [-0.2, -0.15) is 0 Å². The molecule has 0 aliphatic heterocycles. The van der Waals surface area contributed by atoms with Crippen LogP contribution >= 0.6 is 11.3 Å². The third kappa shape index (κ3) is 2.17. The van der Waals surface area contributed by atoms with E-state index in [1.165, 1.54) is 11.8 Å². The summed E-state index contributed by atoms with van der Waals surface area (Å²) in [6, 6.07) is 9.98. The van der Waals surface area contributed by atoms with Crippen LogP contribution in [0.3, 0.4) is 0 Å². The molecule has 74 valence electrons. The minimum Gasteiger partial charge on any atom is -0.459 e. The first-order valence-electron chi connectivity index (χ1n) is 4.38. The number of carbonyl (C=O) groups is 1. The highest BCUT2D eigenvalue weighted by Crippen LogP contribution is 2.24. The fourth-order valence-corrected chi connectivity index (χ4v) is 2.12. The second-order valence-electron chi connectivity index (χ2n) is 2.89. The highest BCUT2D eigenvalue weighted by Gasteiger charge is 1.98. The molecule has 0 saturated carbocycles. The highest BCUT2D eigenvalue weighted by atomic mass is 32.1. The van der Waals surface area contributed by atoms with E-state index in [-0.39, 0.29) is 0 Å². The van der Waals surface area contributed by atoms with Crippen LogP contribution in [0, 0.1) is 11.8 Å². The van der Waals surface area contributed by atoms with Gasteiger partial charge in [-0.05, 0) is 23.4 Å². The van der Waals surface area contributed by atoms with Crippen LogP contribution in [-0.2, 0) is 9.53 Å². The minimum atomic E-state index is -0.507. The smallest absolute Gasteiger partial charge is 0.384 e. The highest BCUT2D eigenvalue weighted by molar-refractivity contribution is 7.19. The average molecular weight is 216 g/mol. The second kappa shape index (κ2) is 4.16. The predicted molar refractivity (Wildman–Crippen MR) is 60.7 cm³/mol. The number of carbonyl (C=O) groups excluding carboxylic acids is 1. The predicted octanol–water partition coefficient (Wildman–Crippen LogP) is 2.43. The van der Waals surface area contributed by atoms with Gasteiger partial charge < -0.3 is 4.74 Å². The Bertz CT molecular complexity index is 524. The van der Waals surface area contributed by atoms with Crippen LogP contribution in [-0.4, -0.2) is 13.1 Å². The molecule has 2 nitrogen and oxygen atoms in total. The molecule has 2 rings (SSSR count). The van der Waals surface area contributed by atoms with Crippen molar-refractivity contribution in [1.82, 2.24) is 0 Å². The van der Waals surface area contributed by atoms with E-state index in [0.717, 1.165) is 10.3 Å². The average Bonchev–Trinajstić information content (AvgIpc) is 2.68. The van der Waals surface area contributed by atoms with Gasteiger partial charge in [0.05, 0.1) is 12.0 Å². The third-order valence-electron chi connectivity index (χ3n) is 1.90. The molecule has 0 atom stereocenters. The standard InChI is InChI=1S/C12H8O2S/c1-14-12(13)7-6-10-8-9-4-2-3-5-11(9)15-10/h2-5,8H,1H3. The first-order chi connectivity index (χ1) is 7.29. The summed E-state index contributed by atoms with van der Waals surface area (Å²) >= 11 is 1.57. The van der Waals surface area contributed by atoms with Crippen LogP contribution in [0.2, 0.25) is 0 Å². The molecule has 0 saturated heterocycles. The molecular weight excluding hydrogens is 208 g/mol. The Balaban J connectivity index is 2.36. The van der Waals surface area contributed by atoms with Crippen molar-refractivity contribution in [3.8, 4) is 11.8 Å². The number of fused-ring (bicyclic) bond motifs is 1. The summed E-state index contributed by atoms with van der Waals surface area (Å²) in [7, 11) is 1.32. The molecule has 2 aromatic rings. The number of methoxy groups -OCH3 is 1. The van der Waals surface area contributed by atoms with Crippen molar-refractivity contribution in [3.05, 3.63) is 35.2 Å². The van der Waals surface area contributed by atoms with Gasteiger partial charge in [-0.25, -0.2) is 4.79 Å². The monoisotopic (exact) mass is 216 g/mol. The molecular formula is C12H8O2S. The van der Waals surface area contributed by atoms with Crippen LogP contribution in [0.1, 0.15) is 4.88 Å². The third-order valence-corrected chi connectivity index (χ3v) is 2.93. The maximum atomic E-state index is 10.8. The molecule has 0 fully saturated rings.